The van der Waals surface area contributed by atoms with Gasteiger partial charge in [0.1, 0.15) is 19.8 Å². The van der Waals surface area contributed by atoms with Crippen LogP contribution in [0.4, 0.5) is 0 Å². The topological polar surface area (TPSA) is 94.1 Å². The van der Waals surface area contributed by atoms with E-state index in [1.807, 2.05) is 27.2 Å². The summed E-state index contributed by atoms with van der Waals surface area (Å²) in [5, 5.41) is 0. The summed E-state index contributed by atoms with van der Waals surface area (Å²) >= 11 is 0. The third-order valence-corrected chi connectivity index (χ3v) is 10.2. The molecule has 8 nitrogen and oxygen atoms in total. The Hall–Kier alpha value is -1.44. The summed E-state index contributed by atoms with van der Waals surface area (Å²) in [6.07, 6.45) is 44.0. The van der Waals surface area contributed by atoms with E-state index in [9.17, 15) is 14.3 Å². The average Bonchev–Trinajstić information content (AvgIpc) is 3.11. The molecular formula is C44H84NO7P. The van der Waals surface area contributed by atoms with Crippen molar-refractivity contribution in [2.24, 2.45) is 0 Å². The number of phosphoric acid groups is 1. The Kier molecular flexibility index (Phi) is 36.5. The molecule has 0 N–H and O–H groups in total. The van der Waals surface area contributed by atoms with Crippen LogP contribution in [0.5, 0.6) is 0 Å². The first-order valence-electron chi connectivity index (χ1n) is 21.8. The zero-order valence-corrected chi connectivity index (χ0v) is 36.1. The highest BCUT2D eigenvalue weighted by atomic mass is 31.2. The number of quaternary nitrogens is 1. The Labute approximate surface area is 327 Å². The average molecular weight is 770 g/mol. The molecule has 0 rings (SSSR count). The predicted octanol–water partition coefficient (Wildman–Crippen LogP) is 12.3. The Bertz CT molecular complexity index is 947. The van der Waals surface area contributed by atoms with Crippen LogP contribution in [-0.2, 0) is 27.9 Å². The van der Waals surface area contributed by atoms with Gasteiger partial charge in [0.25, 0.3) is 7.82 Å². The van der Waals surface area contributed by atoms with Crippen LogP contribution in [-0.4, -0.2) is 64.1 Å². The fourth-order valence-corrected chi connectivity index (χ4v) is 6.57. The van der Waals surface area contributed by atoms with E-state index in [1.165, 1.54) is 128 Å². The lowest BCUT2D eigenvalue weighted by atomic mass is 10.0. The van der Waals surface area contributed by atoms with E-state index in [4.69, 9.17) is 18.5 Å². The van der Waals surface area contributed by atoms with Crippen LogP contribution in [0.25, 0.3) is 0 Å². The Morgan fingerprint density at radius 1 is 0.604 bits per heavy atom. The lowest BCUT2D eigenvalue weighted by Crippen LogP contribution is -2.37. The van der Waals surface area contributed by atoms with Crippen molar-refractivity contribution in [1.82, 2.24) is 0 Å². The Balaban J connectivity index is 4.36. The summed E-state index contributed by atoms with van der Waals surface area (Å²) in [7, 11) is 1.30. The van der Waals surface area contributed by atoms with Gasteiger partial charge < -0.3 is 27.9 Å². The third-order valence-electron chi connectivity index (χ3n) is 9.26. The van der Waals surface area contributed by atoms with E-state index in [1.54, 1.807) is 6.26 Å². The number of hydrogen-bond donors (Lipinski definition) is 0. The molecular weight excluding hydrogens is 685 g/mol. The van der Waals surface area contributed by atoms with Crippen LogP contribution in [0.1, 0.15) is 187 Å². The molecule has 0 fully saturated rings. The van der Waals surface area contributed by atoms with Crippen molar-refractivity contribution in [1.29, 1.82) is 0 Å². The van der Waals surface area contributed by atoms with E-state index in [0.717, 1.165) is 32.1 Å². The number of rotatable bonds is 40. The number of carbonyl (C=O) groups is 1. The number of ether oxygens (including phenoxy) is 2. The van der Waals surface area contributed by atoms with Gasteiger partial charge in [-0.15, -0.1) is 0 Å². The molecule has 0 spiro atoms. The highest BCUT2D eigenvalue weighted by Crippen LogP contribution is 2.38. The lowest BCUT2D eigenvalue weighted by Gasteiger charge is -2.28. The fourth-order valence-electron chi connectivity index (χ4n) is 5.85. The molecule has 0 aliphatic heterocycles. The van der Waals surface area contributed by atoms with Crippen LogP contribution in [0.3, 0.4) is 0 Å². The van der Waals surface area contributed by atoms with Crippen molar-refractivity contribution in [3.05, 3.63) is 36.6 Å². The Morgan fingerprint density at radius 3 is 1.55 bits per heavy atom. The SMILES string of the molecule is CCCCCCCCCCC/C=C/C/C=C/CCCC(=O)O[C@H](CO/C=C/CCCCCCCCCCCCCC)COP(=O)([O-])OCC[N+](C)(C)C. The number of esters is 1. The number of hydrogen-bond acceptors (Lipinski definition) is 7. The Morgan fingerprint density at radius 2 is 1.06 bits per heavy atom. The predicted molar refractivity (Wildman–Crippen MR) is 222 cm³/mol. The highest BCUT2D eigenvalue weighted by Gasteiger charge is 2.20. The maximum atomic E-state index is 12.6. The molecule has 2 atom stereocenters. The maximum absolute atomic E-state index is 12.6. The van der Waals surface area contributed by atoms with Crippen molar-refractivity contribution < 1.29 is 37.3 Å². The fraction of sp³-hybridized carbons (Fsp3) is 0.841. The first-order valence-corrected chi connectivity index (χ1v) is 23.2. The second-order valence-electron chi connectivity index (χ2n) is 15.8. The quantitative estimate of drug-likeness (QED) is 0.0153. The van der Waals surface area contributed by atoms with Gasteiger partial charge in [-0.3, -0.25) is 9.36 Å². The third kappa shape index (κ3) is 41.6. The van der Waals surface area contributed by atoms with Crippen LogP contribution in [0.15, 0.2) is 36.6 Å². The van der Waals surface area contributed by atoms with Gasteiger partial charge in [0.15, 0.2) is 6.10 Å². The largest absolute Gasteiger partial charge is 0.756 e. The summed E-state index contributed by atoms with van der Waals surface area (Å²) < 4.78 is 34.2. The van der Waals surface area contributed by atoms with Gasteiger partial charge in [-0.25, -0.2) is 0 Å². The minimum atomic E-state index is -4.55. The molecule has 0 aromatic carbocycles. The normalized spacial score (nSPS) is 14.1. The number of phosphoric ester groups is 1. The van der Waals surface area contributed by atoms with Gasteiger partial charge in [0.05, 0.1) is 34.0 Å². The molecule has 0 bridgehead atoms. The second-order valence-corrected chi connectivity index (χ2v) is 17.2. The van der Waals surface area contributed by atoms with E-state index in [-0.39, 0.29) is 26.2 Å². The molecule has 0 saturated carbocycles. The molecule has 0 saturated heterocycles. The van der Waals surface area contributed by atoms with Crippen LogP contribution in [0.2, 0.25) is 0 Å². The van der Waals surface area contributed by atoms with Gasteiger partial charge >= 0.3 is 5.97 Å². The molecule has 53 heavy (non-hydrogen) atoms. The van der Waals surface area contributed by atoms with Crippen molar-refractivity contribution in [2.45, 2.75) is 193 Å². The van der Waals surface area contributed by atoms with Gasteiger partial charge in [-0.05, 0) is 51.0 Å². The number of carbonyl (C=O) groups excluding carboxylic acids is 1. The minimum absolute atomic E-state index is 0.00481. The standard InChI is InChI=1S/C44H84NO7P/c1-6-8-10-12-14-16-18-20-22-23-24-25-27-29-31-33-35-37-44(46)52-43(42-51-53(47,48)50-40-38-45(3,4)5)41-49-39-36-34-32-30-28-26-21-19-17-15-13-11-9-7-2/h24-25,29,31,36,39,43H,6-23,26-28,30,32-35,37-38,40-42H2,1-5H3/b25-24+,31-29+,39-36+/t43-/m1/s1. The zero-order chi connectivity index (χ0) is 39.1. The van der Waals surface area contributed by atoms with Crippen molar-refractivity contribution >= 4 is 13.8 Å². The van der Waals surface area contributed by atoms with Crippen LogP contribution in [0, 0.1) is 0 Å². The molecule has 9 heteroatoms. The van der Waals surface area contributed by atoms with E-state index < -0.39 is 19.9 Å². The molecule has 0 heterocycles. The zero-order valence-electron chi connectivity index (χ0n) is 35.2. The summed E-state index contributed by atoms with van der Waals surface area (Å²) in [6, 6.07) is 0. The van der Waals surface area contributed by atoms with Gasteiger partial charge in [-0.2, -0.15) is 0 Å². The number of likely N-dealkylation sites (N-methyl/N-ethyl adjacent to an activating group) is 1. The van der Waals surface area contributed by atoms with Crippen molar-refractivity contribution in [3.8, 4) is 0 Å². The maximum Gasteiger partial charge on any atom is 0.306 e. The molecule has 0 radical (unpaired) electrons. The summed E-state index contributed by atoms with van der Waals surface area (Å²) in [4.78, 5) is 25.0. The van der Waals surface area contributed by atoms with Crippen molar-refractivity contribution in [2.75, 3.05) is 47.5 Å². The lowest BCUT2D eigenvalue weighted by molar-refractivity contribution is -0.870. The second kappa shape index (κ2) is 37.5. The van der Waals surface area contributed by atoms with E-state index >= 15 is 0 Å². The summed E-state index contributed by atoms with van der Waals surface area (Å²) in [5.41, 5.74) is 0. The van der Waals surface area contributed by atoms with Gasteiger partial charge in [-0.1, -0.05) is 160 Å². The molecule has 312 valence electrons. The first-order chi connectivity index (χ1) is 25.6. The molecule has 0 aliphatic carbocycles. The molecule has 0 aliphatic rings. The van der Waals surface area contributed by atoms with Gasteiger partial charge in [0, 0.05) is 6.42 Å². The highest BCUT2D eigenvalue weighted by molar-refractivity contribution is 7.45. The van der Waals surface area contributed by atoms with Crippen LogP contribution >= 0.6 is 7.82 Å². The molecule has 0 amide bonds. The number of unbranched alkanes of at least 4 members (excludes halogenated alkanes) is 22. The smallest absolute Gasteiger partial charge is 0.306 e. The summed E-state index contributed by atoms with van der Waals surface area (Å²) in [6.45, 7) is 4.69. The monoisotopic (exact) mass is 770 g/mol. The van der Waals surface area contributed by atoms with Crippen LogP contribution < -0.4 is 4.89 Å². The minimum Gasteiger partial charge on any atom is -0.756 e. The van der Waals surface area contributed by atoms with Gasteiger partial charge in [0.2, 0.25) is 0 Å². The number of allylic oxidation sites excluding steroid dienone is 5. The summed E-state index contributed by atoms with van der Waals surface area (Å²) in [5.74, 6) is -0.399. The van der Waals surface area contributed by atoms with E-state index in [0.29, 0.717) is 17.4 Å². The van der Waals surface area contributed by atoms with Crippen molar-refractivity contribution in [3.63, 3.8) is 0 Å². The molecule has 0 aromatic rings. The first kappa shape index (κ1) is 51.6. The molecule has 1 unspecified atom stereocenters. The number of nitrogens with zero attached hydrogens (tertiary/aromatic N) is 1. The molecule has 0 aromatic heterocycles. The van der Waals surface area contributed by atoms with E-state index in [2.05, 4.69) is 38.2 Å².